The summed E-state index contributed by atoms with van der Waals surface area (Å²) in [7, 11) is 0. The van der Waals surface area contributed by atoms with E-state index in [9.17, 15) is 14.4 Å². The number of hydrogen-bond donors (Lipinski definition) is 2. The van der Waals surface area contributed by atoms with Gasteiger partial charge < -0.3 is 20.4 Å². The lowest BCUT2D eigenvalue weighted by atomic mass is 10.2. The summed E-state index contributed by atoms with van der Waals surface area (Å²) in [6, 6.07) is 7.89. The fourth-order valence-corrected chi connectivity index (χ4v) is 2.73. The van der Waals surface area contributed by atoms with E-state index in [0.717, 1.165) is 17.9 Å². The Kier molecular flexibility index (Phi) is 5.82. The minimum Gasteiger partial charge on any atom is -0.449 e. The predicted octanol–water partition coefficient (Wildman–Crippen LogP) is 2.41. The van der Waals surface area contributed by atoms with E-state index in [1.54, 1.807) is 18.2 Å². The molecule has 7 heteroatoms. The van der Waals surface area contributed by atoms with Crippen molar-refractivity contribution < 1.29 is 19.1 Å². The van der Waals surface area contributed by atoms with E-state index in [1.165, 1.54) is 19.1 Å². The highest BCUT2D eigenvalue weighted by Gasteiger charge is 2.22. The number of hydrogen-bond acceptors (Lipinski definition) is 4. The van der Waals surface area contributed by atoms with E-state index < -0.39 is 23.9 Å². The molecule has 0 bridgehead atoms. The van der Waals surface area contributed by atoms with Crippen molar-refractivity contribution in [1.29, 1.82) is 0 Å². The quantitative estimate of drug-likeness (QED) is 0.775. The van der Waals surface area contributed by atoms with Gasteiger partial charge in [0.05, 0.1) is 5.56 Å². The minimum absolute atomic E-state index is 0.341. The number of aromatic nitrogens is 1. The van der Waals surface area contributed by atoms with Crippen molar-refractivity contribution in [3.8, 4) is 0 Å². The van der Waals surface area contributed by atoms with Gasteiger partial charge in [-0.25, -0.2) is 4.79 Å². The largest absolute Gasteiger partial charge is 0.449 e. The summed E-state index contributed by atoms with van der Waals surface area (Å²) in [4.78, 5) is 35.6. The zero-order valence-corrected chi connectivity index (χ0v) is 15.3. The van der Waals surface area contributed by atoms with Crippen LogP contribution in [0.3, 0.4) is 0 Å². The summed E-state index contributed by atoms with van der Waals surface area (Å²) in [6.45, 7) is 8.01. The number of amides is 2. The molecule has 1 unspecified atom stereocenters. The predicted molar refractivity (Wildman–Crippen MR) is 98.0 cm³/mol. The summed E-state index contributed by atoms with van der Waals surface area (Å²) in [5.74, 6) is -1.55. The normalized spacial score (nSPS) is 11.7. The Morgan fingerprint density at radius 3 is 2.31 bits per heavy atom. The zero-order chi connectivity index (χ0) is 19.4. The van der Waals surface area contributed by atoms with Crippen LogP contribution in [0.2, 0.25) is 0 Å². The Balaban J connectivity index is 2.02. The lowest BCUT2D eigenvalue weighted by molar-refractivity contribution is -0.123. The highest BCUT2D eigenvalue weighted by Crippen LogP contribution is 2.17. The van der Waals surface area contributed by atoms with Gasteiger partial charge in [0.1, 0.15) is 0 Å². The van der Waals surface area contributed by atoms with Crippen LogP contribution in [0.1, 0.15) is 46.0 Å². The third kappa shape index (κ3) is 4.11. The lowest BCUT2D eigenvalue weighted by Crippen LogP contribution is -2.30. The number of nitrogens with one attached hydrogen (secondary N) is 1. The molecule has 0 aliphatic heterocycles. The van der Waals surface area contributed by atoms with Gasteiger partial charge in [0.2, 0.25) is 5.91 Å². The van der Waals surface area contributed by atoms with E-state index >= 15 is 0 Å². The summed E-state index contributed by atoms with van der Waals surface area (Å²) < 4.78 is 7.29. The van der Waals surface area contributed by atoms with E-state index in [0.29, 0.717) is 16.8 Å². The number of ether oxygens (including phenoxy) is 1. The first-order chi connectivity index (χ1) is 12.2. The van der Waals surface area contributed by atoms with Crippen molar-refractivity contribution in [2.75, 3.05) is 5.32 Å². The van der Waals surface area contributed by atoms with Crippen molar-refractivity contribution in [3.63, 3.8) is 0 Å². The number of benzene rings is 1. The Morgan fingerprint density at radius 2 is 1.81 bits per heavy atom. The number of rotatable bonds is 6. The van der Waals surface area contributed by atoms with Crippen LogP contribution in [0.25, 0.3) is 0 Å². The second-order valence-corrected chi connectivity index (χ2v) is 6.01. The van der Waals surface area contributed by atoms with Gasteiger partial charge in [-0.05, 0) is 58.0 Å². The molecule has 0 radical (unpaired) electrons. The number of anilines is 1. The van der Waals surface area contributed by atoms with E-state index in [2.05, 4.69) is 5.32 Å². The fourth-order valence-electron chi connectivity index (χ4n) is 2.73. The maximum Gasteiger partial charge on any atom is 0.340 e. The Bertz CT molecular complexity index is 837. The molecular formula is C19H23N3O4. The topological polar surface area (TPSA) is 103 Å². The van der Waals surface area contributed by atoms with Crippen LogP contribution >= 0.6 is 0 Å². The molecule has 0 saturated carbocycles. The van der Waals surface area contributed by atoms with Gasteiger partial charge in [-0.15, -0.1) is 0 Å². The highest BCUT2D eigenvalue weighted by molar-refractivity contribution is 5.98. The molecule has 0 saturated heterocycles. The Morgan fingerprint density at radius 1 is 1.19 bits per heavy atom. The van der Waals surface area contributed by atoms with Crippen LogP contribution in [0, 0.1) is 13.8 Å². The molecule has 0 spiro atoms. The molecule has 1 atom stereocenters. The third-order valence-electron chi connectivity index (χ3n) is 4.20. The van der Waals surface area contributed by atoms with Gasteiger partial charge in [-0.2, -0.15) is 0 Å². The monoisotopic (exact) mass is 357 g/mol. The van der Waals surface area contributed by atoms with Gasteiger partial charge in [0.25, 0.3) is 5.91 Å². The zero-order valence-electron chi connectivity index (χ0n) is 15.3. The first kappa shape index (κ1) is 19.2. The number of primary amides is 1. The second-order valence-electron chi connectivity index (χ2n) is 6.01. The van der Waals surface area contributed by atoms with Crippen LogP contribution in [0.5, 0.6) is 0 Å². The standard InChI is InChI=1S/C19H23N3O4/c1-5-22-11(2)10-16(12(22)3)19(25)26-13(4)18(24)21-15-8-6-14(7-9-15)17(20)23/h6-10,13H,5H2,1-4H3,(H2,20,23)(H,21,24). The molecule has 3 N–H and O–H groups in total. The molecule has 2 amide bonds. The molecule has 7 nitrogen and oxygen atoms in total. The molecule has 1 aromatic heterocycles. The SMILES string of the molecule is CCn1c(C)cc(C(=O)OC(C)C(=O)Nc2ccc(C(N)=O)cc2)c1C. The van der Waals surface area contributed by atoms with Crippen LogP contribution in [-0.4, -0.2) is 28.5 Å². The smallest absolute Gasteiger partial charge is 0.340 e. The Labute approximate surface area is 152 Å². The third-order valence-corrected chi connectivity index (χ3v) is 4.20. The molecule has 0 aliphatic carbocycles. The average Bonchev–Trinajstić information content (AvgIpc) is 2.89. The van der Waals surface area contributed by atoms with Gasteiger partial charge in [0, 0.05) is 29.2 Å². The van der Waals surface area contributed by atoms with Gasteiger partial charge in [-0.1, -0.05) is 0 Å². The number of nitrogens with two attached hydrogens (primary N) is 1. The number of carbonyl (C=O) groups is 3. The number of carbonyl (C=O) groups excluding carboxylic acids is 3. The molecule has 26 heavy (non-hydrogen) atoms. The van der Waals surface area contributed by atoms with Crippen molar-refractivity contribution in [2.45, 2.75) is 40.3 Å². The molecule has 1 heterocycles. The summed E-state index contributed by atoms with van der Waals surface area (Å²) in [5, 5.41) is 2.63. The van der Waals surface area contributed by atoms with Crippen LogP contribution in [0.4, 0.5) is 5.69 Å². The van der Waals surface area contributed by atoms with Crippen LogP contribution in [0.15, 0.2) is 30.3 Å². The molecule has 2 rings (SSSR count). The summed E-state index contributed by atoms with van der Waals surface area (Å²) >= 11 is 0. The summed E-state index contributed by atoms with van der Waals surface area (Å²) in [6.07, 6.45) is -0.969. The number of nitrogens with zero attached hydrogens (tertiary/aromatic N) is 1. The van der Waals surface area contributed by atoms with Crippen LogP contribution in [-0.2, 0) is 16.1 Å². The first-order valence-corrected chi connectivity index (χ1v) is 8.33. The average molecular weight is 357 g/mol. The van der Waals surface area contributed by atoms with Gasteiger partial charge in [0.15, 0.2) is 6.10 Å². The molecule has 0 aliphatic rings. The van der Waals surface area contributed by atoms with Crippen molar-refractivity contribution in [3.05, 3.63) is 52.8 Å². The summed E-state index contributed by atoms with van der Waals surface area (Å²) in [5.41, 5.74) is 8.22. The Hall–Kier alpha value is -3.09. The van der Waals surface area contributed by atoms with E-state index in [4.69, 9.17) is 10.5 Å². The van der Waals surface area contributed by atoms with Crippen LogP contribution < -0.4 is 11.1 Å². The van der Waals surface area contributed by atoms with Crippen molar-refractivity contribution in [2.24, 2.45) is 5.73 Å². The number of esters is 1. The first-order valence-electron chi connectivity index (χ1n) is 8.33. The van der Waals surface area contributed by atoms with Gasteiger partial charge in [-0.3, -0.25) is 9.59 Å². The maximum absolute atomic E-state index is 12.4. The molecule has 2 aromatic rings. The van der Waals surface area contributed by atoms with E-state index in [1.807, 2.05) is 25.3 Å². The second kappa shape index (κ2) is 7.86. The molecular weight excluding hydrogens is 334 g/mol. The van der Waals surface area contributed by atoms with E-state index in [-0.39, 0.29) is 0 Å². The highest BCUT2D eigenvalue weighted by atomic mass is 16.5. The molecule has 138 valence electrons. The van der Waals surface area contributed by atoms with Crippen molar-refractivity contribution >= 4 is 23.5 Å². The lowest BCUT2D eigenvalue weighted by Gasteiger charge is -2.14. The number of aryl methyl sites for hydroxylation is 1. The van der Waals surface area contributed by atoms with Gasteiger partial charge >= 0.3 is 5.97 Å². The van der Waals surface area contributed by atoms with Crippen molar-refractivity contribution in [1.82, 2.24) is 4.57 Å². The molecule has 0 fully saturated rings. The minimum atomic E-state index is -0.969. The maximum atomic E-state index is 12.4. The molecule has 1 aromatic carbocycles. The fraction of sp³-hybridized carbons (Fsp3) is 0.316.